The van der Waals surface area contributed by atoms with E-state index in [9.17, 15) is 9.59 Å². The van der Waals surface area contributed by atoms with E-state index in [4.69, 9.17) is 0 Å². The van der Waals surface area contributed by atoms with Gasteiger partial charge in [0.1, 0.15) is 5.70 Å². The van der Waals surface area contributed by atoms with E-state index in [1.807, 2.05) is 18.1 Å². The quantitative estimate of drug-likeness (QED) is 0.475. The van der Waals surface area contributed by atoms with E-state index in [1.165, 1.54) is 11.6 Å². The van der Waals surface area contributed by atoms with Gasteiger partial charge in [-0.05, 0) is 42.5 Å². The number of hydrogen-bond acceptors (Lipinski definition) is 5. The molecule has 0 N–H and O–H groups in total. The molecule has 122 valence electrons. The maximum absolute atomic E-state index is 12.0. The van der Waals surface area contributed by atoms with Crippen molar-refractivity contribution >= 4 is 35.9 Å². The van der Waals surface area contributed by atoms with Crippen LogP contribution in [0.25, 0.3) is 0 Å². The van der Waals surface area contributed by atoms with Crippen molar-refractivity contribution in [3.8, 4) is 0 Å². The average molecular weight is 351 g/mol. The topological polar surface area (TPSA) is 40.6 Å². The lowest BCUT2D eigenvalue weighted by Gasteiger charge is -2.39. The van der Waals surface area contributed by atoms with Gasteiger partial charge in [0, 0.05) is 18.8 Å². The number of allylic oxidation sites excluding steroid dienone is 4. The SMILES string of the molecule is CN(C1=CC=CC(=O)C1=O)N1CCCC(c2ccccc2)S1.Cl. The molecule has 0 aromatic heterocycles. The van der Waals surface area contributed by atoms with E-state index < -0.39 is 11.6 Å². The lowest BCUT2D eigenvalue weighted by atomic mass is 10.1. The molecule has 0 amide bonds. The zero-order chi connectivity index (χ0) is 15.5. The van der Waals surface area contributed by atoms with Crippen LogP contribution in [0.5, 0.6) is 0 Å². The summed E-state index contributed by atoms with van der Waals surface area (Å²) in [5.41, 5.74) is 1.74. The predicted molar refractivity (Wildman–Crippen MR) is 95.0 cm³/mol. The Morgan fingerprint density at radius 2 is 1.96 bits per heavy atom. The maximum atomic E-state index is 12.0. The summed E-state index contributed by atoms with van der Waals surface area (Å²) >= 11 is 1.72. The first kappa shape index (κ1) is 17.8. The molecule has 1 aromatic rings. The van der Waals surface area contributed by atoms with Gasteiger partial charge in [-0.2, -0.15) is 4.41 Å². The molecule has 0 bridgehead atoms. The van der Waals surface area contributed by atoms with Crippen molar-refractivity contribution in [2.75, 3.05) is 13.6 Å². The normalized spacial score (nSPS) is 21.6. The number of hydrogen-bond donors (Lipinski definition) is 0. The third-order valence-electron chi connectivity index (χ3n) is 3.88. The molecule has 1 heterocycles. The highest BCUT2D eigenvalue weighted by Crippen LogP contribution is 2.40. The highest BCUT2D eigenvalue weighted by atomic mass is 35.5. The third-order valence-corrected chi connectivity index (χ3v) is 5.31. The molecule has 1 unspecified atom stereocenters. The van der Waals surface area contributed by atoms with E-state index >= 15 is 0 Å². The largest absolute Gasteiger partial charge is 0.295 e. The van der Waals surface area contributed by atoms with Crippen LogP contribution in [0.2, 0.25) is 0 Å². The van der Waals surface area contributed by atoms with Crippen LogP contribution in [0.1, 0.15) is 23.7 Å². The van der Waals surface area contributed by atoms with Crippen molar-refractivity contribution in [2.24, 2.45) is 0 Å². The third kappa shape index (κ3) is 3.86. The highest BCUT2D eigenvalue weighted by Gasteiger charge is 2.30. The second kappa shape index (κ2) is 7.81. The molecule has 3 rings (SSSR count). The number of likely N-dealkylation sites (N-methyl/N-ethyl adjacent to an activating group) is 1. The van der Waals surface area contributed by atoms with Gasteiger partial charge < -0.3 is 0 Å². The van der Waals surface area contributed by atoms with Crippen LogP contribution in [0, 0.1) is 0 Å². The Kier molecular flexibility index (Phi) is 6.04. The summed E-state index contributed by atoms with van der Waals surface area (Å²) in [4.78, 5) is 23.6. The van der Waals surface area contributed by atoms with Gasteiger partial charge in [0.2, 0.25) is 11.6 Å². The molecule has 1 fully saturated rings. The van der Waals surface area contributed by atoms with Crippen LogP contribution < -0.4 is 0 Å². The standard InChI is InChI=1S/C17H18N2O2S.ClH/c1-18(14-9-5-10-15(20)17(14)21)19-12-6-11-16(22-19)13-7-3-2-4-8-13;/h2-5,7-10,16H,6,11-12H2,1H3;1H. The molecule has 4 nitrogen and oxygen atoms in total. The Morgan fingerprint density at radius 1 is 1.22 bits per heavy atom. The maximum Gasteiger partial charge on any atom is 0.250 e. The van der Waals surface area contributed by atoms with Crippen molar-refractivity contribution in [2.45, 2.75) is 18.1 Å². The molecule has 0 spiro atoms. The molecular weight excluding hydrogens is 332 g/mol. The van der Waals surface area contributed by atoms with E-state index in [2.05, 4.69) is 28.7 Å². The number of halogens is 1. The molecule has 0 saturated carbocycles. The summed E-state index contributed by atoms with van der Waals surface area (Å²) in [6, 6.07) is 10.4. The number of hydrazine groups is 1. The molecule has 23 heavy (non-hydrogen) atoms. The minimum Gasteiger partial charge on any atom is -0.295 e. The van der Waals surface area contributed by atoms with Gasteiger partial charge in [-0.1, -0.05) is 36.4 Å². The van der Waals surface area contributed by atoms with Crippen molar-refractivity contribution in [3.05, 3.63) is 59.8 Å². The Balaban J connectivity index is 0.00000192. The molecule has 1 saturated heterocycles. The predicted octanol–water partition coefficient (Wildman–Crippen LogP) is 3.33. The second-order valence-corrected chi connectivity index (χ2v) is 6.55. The molecule has 1 aliphatic carbocycles. The van der Waals surface area contributed by atoms with Crippen LogP contribution in [-0.2, 0) is 9.59 Å². The second-order valence-electron chi connectivity index (χ2n) is 5.35. The van der Waals surface area contributed by atoms with Gasteiger partial charge in [0.25, 0.3) is 0 Å². The Morgan fingerprint density at radius 3 is 2.70 bits per heavy atom. The first-order valence-corrected chi connectivity index (χ1v) is 8.20. The van der Waals surface area contributed by atoms with Crippen molar-refractivity contribution in [1.82, 2.24) is 9.42 Å². The Bertz CT molecular complexity index is 645. The van der Waals surface area contributed by atoms with E-state index in [0.29, 0.717) is 10.9 Å². The van der Waals surface area contributed by atoms with Crippen molar-refractivity contribution in [1.29, 1.82) is 0 Å². The van der Waals surface area contributed by atoms with Crippen LogP contribution in [0.4, 0.5) is 0 Å². The molecule has 1 aromatic carbocycles. The Hall–Kier alpha value is -1.56. The molecule has 1 aliphatic heterocycles. The van der Waals surface area contributed by atoms with E-state index in [-0.39, 0.29) is 12.4 Å². The molecule has 1 atom stereocenters. The Labute approximate surface area is 146 Å². The van der Waals surface area contributed by atoms with Gasteiger partial charge in [-0.3, -0.25) is 14.6 Å². The smallest absolute Gasteiger partial charge is 0.250 e. The van der Waals surface area contributed by atoms with Gasteiger partial charge in [-0.15, -0.1) is 12.4 Å². The summed E-state index contributed by atoms with van der Waals surface area (Å²) in [5.74, 6) is -0.890. The summed E-state index contributed by atoms with van der Waals surface area (Å²) < 4.78 is 2.08. The molecule has 2 aliphatic rings. The van der Waals surface area contributed by atoms with Gasteiger partial charge in [0.15, 0.2) is 0 Å². The highest BCUT2D eigenvalue weighted by molar-refractivity contribution is 7.97. The number of benzene rings is 1. The summed E-state index contributed by atoms with van der Waals surface area (Å²) in [7, 11) is 1.84. The van der Waals surface area contributed by atoms with Crippen LogP contribution >= 0.6 is 24.4 Å². The lowest BCUT2D eigenvalue weighted by molar-refractivity contribution is -0.133. The number of carbonyl (C=O) groups excluding carboxylic acids is 2. The minimum absolute atomic E-state index is 0. The van der Waals surface area contributed by atoms with Crippen LogP contribution in [-0.4, -0.2) is 34.6 Å². The van der Waals surface area contributed by atoms with Crippen LogP contribution in [0.15, 0.2) is 54.3 Å². The first-order chi connectivity index (χ1) is 10.7. The zero-order valence-corrected chi connectivity index (χ0v) is 14.5. The monoisotopic (exact) mass is 350 g/mol. The number of ketones is 2. The van der Waals surface area contributed by atoms with Gasteiger partial charge in [-0.25, -0.2) is 0 Å². The van der Waals surface area contributed by atoms with Crippen LogP contribution in [0.3, 0.4) is 0 Å². The summed E-state index contributed by atoms with van der Waals surface area (Å²) in [6.07, 6.45) is 6.83. The average Bonchev–Trinajstić information content (AvgIpc) is 2.58. The van der Waals surface area contributed by atoms with E-state index in [0.717, 1.165) is 19.4 Å². The fraction of sp³-hybridized carbons (Fsp3) is 0.294. The van der Waals surface area contributed by atoms with Gasteiger partial charge in [0.05, 0.1) is 0 Å². The summed E-state index contributed by atoms with van der Waals surface area (Å²) in [6.45, 7) is 0.868. The van der Waals surface area contributed by atoms with Gasteiger partial charge >= 0.3 is 0 Å². The zero-order valence-electron chi connectivity index (χ0n) is 12.8. The fourth-order valence-corrected chi connectivity index (χ4v) is 3.97. The first-order valence-electron chi connectivity index (χ1n) is 7.37. The number of nitrogens with zero attached hydrogens (tertiary/aromatic N) is 2. The molecule has 0 radical (unpaired) electrons. The lowest BCUT2D eigenvalue weighted by Crippen LogP contribution is -2.41. The van der Waals surface area contributed by atoms with Crippen molar-refractivity contribution < 1.29 is 9.59 Å². The number of rotatable bonds is 3. The molecular formula is C17H19ClN2O2S. The summed E-state index contributed by atoms with van der Waals surface area (Å²) in [5, 5.41) is 2.19. The number of carbonyl (C=O) groups is 2. The van der Waals surface area contributed by atoms with E-state index in [1.54, 1.807) is 24.1 Å². The molecule has 6 heteroatoms. The van der Waals surface area contributed by atoms with Crippen molar-refractivity contribution in [3.63, 3.8) is 0 Å². The fourth-order valence-electron chi connectivity index (χ4n) is 2.66. The minimum atomic E-state index is -0.453. The number of Topliss-reactive ketones (excluding diaryl/α,β-unsaturated/α-hetero) is 1.